The SMILES string of the molecule is CCCCCCCCCCS(=O)(=O)NCCCNCCCCNCCCN.Cl. The van der Waals surface area contributed by atoms with Crippen LogP contribution in [0.15, 0.2) is 0 Å². The maximum atomic E-state index is 11.9. The fraction of sp³-hybridized carbons (Fsp3) is 1.00. The number of hydrogen-bond acceptors (Lipinski definition) is 5. The molecule has 172 valence electrons. The summed E-state index contributed by atoms with van der Waals surface area (Å²) in [5, 5.41) is 6.74. The molecule has 0 amide bonds. The number of sulfonamides is 1. The van der Waals surface area contributed by atoms with E-state index in [2.05, 4.69) is 22.3 Å². The average molecular weight is 443 g/mol. The van der Waals surface area contributed by atoms with Gasteiger partial charge in [0.25, 0.3) is 0 Å². The summed E-state index contributed by atoms with van der Waals surface area (Å²) in [5.74, 6) is 0.270. The summed E-state index contributed by atoms with van der Waals surface area (Å²) in [5.41, 5.74) is 5.44. The second-order valence-corrected chi connectivity index (χ2v) is 9.32. The molecule has 0 bridgehead atoms. The molecule has 0 saturated heterocycles. The molecular weight excluding hydrogens is 396 g/mol. The molecule has 0 heterocycles. The Morgan fingerprint density at radius 1 is 0.643 bits per heavy atom. The molecule has 0 aliphatic carbocycles. The molecule has 0 fully saturated rings. The Kier molecular flexibility index (Phi) is 25.3. The zero-order chi connectivity index (χ0) is 20.1. The van der Waals surface area contributed by atoms with Gasteiger partial charge in [0.05, 0.1) is 5.75 Å². The van der Waals surface area contributed by atoms with Crippen molar-refractivity contribution in [3.8, 4) is 0 Å². The van der Waals surface area contributed by atoms with Gasteiger partial charge in [-0.05, 0) is 64.8 Å². The predicted molar refractivity (Wildman–Crippen MR) is 125 cm³/mol. The van der Waals surface area contributed by atoms with E-state index in [-0.39, 0.29) is 18.2 Å². The van der Waals surface area contributed by atoms with Gasteiger partial charge in [-0.2, -0.15) is 0 Å². The highest BCUT2D eigenvalue weighted by Gasteiger charge is 2.08. The molecule has 0 aromatic heterocycles. The van der Waals surface area contributed by atoms with Crippen LogP contribution in [-0.2, 0) is 10.0 Å². The minimum Gasteiger partial charge on any atom is -0.330 e. The molecule has 0 aromatic rings. The Morgan fingerprint density at radius 3 is 1.71 bits per heavy atom. The molecule has 0 rings (SSSR count). The first kappa shape index (κ1) is 30.3. The van der Waals surface area contributed by atoms with Crippen molar-refractivity contribution in [3.63, 3.8) is 0 Å². The zero-order valence-electron chi connectivity index (χ0n) is 18.1. The van der Waals surface area contributed by atoms with Gasteiger partial charge in [-0.1, -0.05) is 51.9 Å². The van der Waals surface area contributed by atoms with Crippen LogP contribution in [0.25, 0.3) is 0 Å². The molecule has 0 unspecified atom stereocenters. The Balaban J connectivity index is 0. The molecule has 0 spiro atoms. The molecule has 0 radical (unpaired) electrons. The monoisotopic (exact) mass is 442 g/mol. The minimum atomic E-state index is -3.09. The van der Waals surface area contributed by atoms with Gasteiger partial charge in [0.15, 0.2) is 0 Å². The summed E-state index contributed by atoms with van der Waals surface area (Å²) in [6, 6.07) is 0. The Hall–Kier alpha value is 0.0800. The Morgan fingerprint density at radius 2 is 1.14 bits per heavy atom. The Bertz CT molecular complexity index is 398. The lowest BCUT2D eigenvalue weighted by atomic mass is 10.1. The predicted octanol–water partition coefficient (Wildman–Crippen LogP) is 3.17. The smallest absolute Gasteiger partial charge is 0.211 e. The summed E-state index contributed by atoms with van der Waals surface area (Å²) in [6.45, 7) is 7.40. The molecule has 28 heavy (non-hydrogen) atoms. The Labute approximate surface area is 181 Å². The molecular formula is C20H47ClN4O2S. The van der Waals surface area contributed by atoms with Crippen molar-refractivity contribution in [1.82, 2.24) is 15.4 Å². The van der Waals surface area contributed by atoms with E-state index in [0.29, 0.717) is 6.54 Å². The molecule has 0 saturated carbocycles. The number of rotatable bonds is 22. The highest BCUT2D eigenvalue weighted by molar-refractivity contribution is 7.89. The molecule has 8 heteroatoms. The standard InChI is InChI=1S/C20H46N4O2S.ClH/c1-2-3-4-5-6-7-8-11-20-27(25,26)24-19-13-18-23-16-10-9-15-22-17-12-14-21;/h22-24H,2-21H2,1H3;1H. The van der Waals surface area contributed by atoms with Gasteiger partial charge in [-0.25, -0.2) is 13.1 Å². The largest absolute Gasteiger partial charge is 0.330 e. The number of nitrogens with one attached hydrogen (secondary N) is 3. The van der Waals surface area contributed by atoms with Crippen LogP contribution in [0.3, 0.4) is 0 Å². The third kappa shape index (κ3) is 24.1. The fourth-order valence-corrected chi connectivity index (χ4v) is 4.10. The van der Waals surface area contributed by atoms with Gasteiger partial charge in [-0.15, -0.1) is 12.4 Å². The zero-order valence-corrected chi connectivity index (χ0v) is 19.8. The third-order valence-corrected chi connectivity index (χ3v) is 6.10. The van der Waals surface area contributed by atoms with E-state index in [1.165, 1.54) is 32.1 Å². The van der Waals surface area contributed by atoms with E-state index in [0.717, 1.165) is 77.7 Å². The van der Waals surface area contributed by atoms with Crippen molar-refractivity contribution in [3.05, 3.63) is 0 Å². The van der Waals surface area contributed by atoms with Crippen LogP contribution in [0, 0.1) is 0 Å². The first-order valence-corrected chi connectivity index (χ1v) is 12.9. The highest BCUT2D eigenvalue weighted by Crippen LogP contribution is 2.08. The van der Waals surface area contributed by atoms with E-state index in [1.807, 2.05) is 0 Å². The van der Waals surface area contributed by atoms with Gasteiger partial charge >= 0.3 is 0 Å². The van der Waals surface area contributed by atoms with Crippen molar-refractivity contribution in [2.24, 2.45) is 5.73 Å². The maximum Gasteiger partial charge on any atom is 0.211 e. The van der Waals surface area contributed by atoms with E-state index >= 15 is 0 Å². The van der Waals surface area contributed by atoms with Gasteiger partial charge < -0.3 is 16.4 Å². The average Bonchev–Trinajstić information content (AvgIpc) is 2.64. The molecule has 0 aromatic carbocycles. The van der Waals surface area contributed by atoms with E-state index < -0.39 is 10.0 Å². The van der Waals surface area contributed by atoms with Gasteiger partial charge in [-0.3, -0.25) is 0 Å². The van der Waals surface area contributed by atoms with Crippen LogP contribution in [-0.4, -0.2) is 53.4 Å². The second-order valence-electron chi connectivity index (χ2n) is 7.39. The van der Waals surface area contributed by atoms with Crippen molar-refractivity contribution in [2.45, 2.75) is 84.0 Å². The number of halogens is 1. The summed E-state index contributed by atoms with van der Waals surface area (Å²) >= 11 is 0. The molecule has 5 N–H and O–H groups in total. The van der Waals surface area contributed by atoms with E-state index in [9.17, 15) is 8.42 Å². The van der Waals surface area contributed by atoms with Crippen LogP contribution < -0.4 is 21.1 Å². The summed E-state index contributed by atoms with van der Waals surface area (Å²) in [7, 11) is -3.09. The first-order chi connectivity index (χ1) is 13.1. The second kappa shape index (κ2) is 23.4. The van der Waals surface area contributed by atoms with Crippen molar-refractivity contribution in [2.75, 3.05) is 45.0 Å². The van der Waals surface area contributed by atoms with Crippen molar-refractivity contribution >= 4 is 22.4 Å². The van der Waals surface area contributed by atoms with Crippen LogP contribution in [0.2, 0.25) is 0 Å². The normalized spacial score (nSPS) is 11.5. The summed E-state index contributed by atoms with van der Waals surface area (Å²) < 4.78 is 26.6. The van der Waals surface area contributed by atoms with E-state index in [1.54, 1.807) is 0 Å². The molecule has 0 aliphatic heterocycles. The molecule has 6 nitrogen and oxygen atoms in total. The lowest BCUT2D eigenvalue weighted by Gasteiger charge is -2.08. The minimum absolute atomic E-state index is 0. The highest BCUT2D eigenvalue weighted by atomic mass is 35.5. The quantitative estimate of drug-likeness (QED) is 0.193. The van der Waals surface area contributed by atoms with Crippen molar-refractivity contribution in [1.29, 1.82) is 0 Å². The van der Waals surface area contributed by atoms with E-state index in [4.69, 9.17) is 5.73 Å². The number of unbranched alkanes of at least 4 members (excludes halogenated alkanes) is 8. The molecule has 0 atom stereocenters. The van der Waals surface area contributed by atoms with Gasteiger partial charge in [0.1, 0.15) is 0 Å². The molecule has 0 aliphatic rings. The van der Waals surface area contributed by atoms with Crippen LogP contribution >= 0.6 is 12.4 Å². The van der Waals surface area contributed by atoms with Crippen molar-refractivity contribution < 1.29 is 8.42 Å². The summed E-state index contributed by atoms with van der Waals surface area (Å²) in [4.78, 5) is 0. The van der Waals surface area contributed by atoms with Gasteiger partial charge in [0.2, 0.25) is 10.0 Å². The number of nitrogens with two attached hydrogens (primary N) is 1. The summed E-state index contributed by atoms with van der Waals surface area (Å²) in [6.07, 6.45) is 13.6. The first-order valence-electron chi connectivity index (χ1n) is 11.2. The van der Waals surface area contributed by atoms with Crippen LogP contribution in [0.1, 0.15) is 84.0 Å². The number of hydrogen-bond donors (Lipinski definition) is 4. The topological polar surface area (TPSA) is 96.2 Å². The van der Waals surface area contributed by atoms with Crippen LogP contribution in [0.4, 0.5) is 0 Å². The lowest BCUT2D eigenvalue weighted by molar-refractivity contribution is 0.553. The maximum absolute atomic E-state index is 11.9. The van der Waals surface area contributed by atoms with Crippen LogP contribution in [0.5, 0.6) is 0 Å². The third-order valence-electron chi connectivity index (χ3n) is 4.63. The fourth-order valence-electron chi connectivity index (χ4n) is 2.92. The van der Waals surface area contributed by atoms with Gasteiger partial charge in [0, 0.05) is 6.54 Å². The lowest BCUT2D eigenvalue weighted by Crippen LogP contribution is -2.29.